The molecule has 31 heavy (non-hydrogen) atoms. The number of carbonyl (C=O) groups is 2. The van der Waals surface area contributed by atoms with Gasteiger partial charge in [-0.05, 0) is 56.4 Å². The summed E-state index contributed by atoms with van der Waals surface area (Å²) in [5, 5.41) is 12.7. The highest BCUT2D eigenvalue weighted by molar-refractivity contribution is 5.94. The van der Waals surface area contributed by atoms with E-state index < -0.39 is 0 Å². The monoisotopic (exact) mass is 425 g/mol. The highest BCUT2D eigenvalue weighted by atomic mass is 19.1. The van der Waals surface area contributed by atoms with Crippen LogP contribution in [0.5, 0.6) is 0 Å². The fourth-order valence-electron chi connectivity index (χ4n) is 4.51. The van der Waals surface area contributed by atoms with Crippen molar-refractivity contribution in [3.8, 4) is 11.3 Å². The van der Waals surface area contributed by atoms with Crippen LogP contribution in [0, 0.1) is 11.7 Å². The predicted octanol–water partition coefficient (Wildman–Crippen LogP) is 3.16. The second kappa shape index (κ2) is 9.56. The molecule has 164 valence electrons. The number of nitrogens with one attached hydrogen (secondary N) is 1. The maximum Gasteiger partial charge on any atom is 0.253 e. The summed E-state index contributed by atoms with van der Waals surface area (Å²) in [4.78, 5) is 31.7. The van der Waals surface area contributed by atoms with Gasteiger partial charge in [-0.15, -0.1) is 0 Å². The number of pyridine rings is 1. The van der Waals surface area contributed by atoms with Gasteiger partial charge in [-0.1, -0.05) is 18.6 Å². The van der Waals surface area contributed by atoms with Crippen LogP contribution in [0.2, 0.25) is 0 Å². The summed E-state index contributed by atoms with van der Waals surface area (Å²) in [5.74, 6) is -0.476. The Hall–Kier alpha value is -2.80. The number of hydrogen-bond acceptors (Lipinski definition) is 4. The van der Waals surface area contributed by atoms with E-state index in [4.69, 9.17) is 0 Å². The number of rotatable bonds is 4. The standard InChI is InChI=1S/C24H28FN3O3/c25-19-5-1-3-16(13-19)22-8-7-18(15-26-22)23(30)27-20-6-2-4-17(14-20)24(31)28-11-9-21(29)10-12-28/h1,3,5,7-8,13,15,17,20-21,29H,2,4,6,9-12,14H2,(H,27,30)/t17-,20+/m0/s1. The Kier molecular flexibility index (Phi) is 6.61. The van der Waals surface area contributed by atoms with E-state index in [2.05, 4.69) is 10.3 Å². The van der Waals surface area contributed by atoms with Gasteiger partial charge in [-0.25, -0.2) is 4.39 Å². The van der Waals surface area contributed by atoms with Crippen LogP contribution >= 0.6 is 0 Å². The number of aliphatic hydroxyl groups is 1. The molecule has 2 fully saturated rings. The number of nitrogens with zero attached hydrogens (tertiary/aromatic N) is 2. The molecule has 2 N–H and O–H groups in total. The predicted molar refractivity (Wildman–Crippen MR) is 115 cm³/mol. The van der Waals surface area contributed by atoms with Gasteiger partial charge in [0.1, 0.15) is 5.82 Å². The number of carbonyl (C=O) groups excluding carboxylic acids is 2. The number of piperidine rings is 1. The van der Waals surface area contributed by atoms with Crippen molar-refractivity contribution in [3.63, 3.8) is 0 Å². The lowest BCUT2D eigenvalue weighted by atomic mass is 9.84. The van der Waals surface area contributed by atoms with Crippen molar-refractivity contribution >= 4 is 11.8 Å². The lowest BCUT2D eigenvalue weighted by Gasteiger charge is -2.35. The number of amides is 2. The van der Waals surface area contributed by atoms with Crippen molar-refractivity contribution < 1.29 is 19.1 Å². The number of halogens is 1. The Bertz CT molecular complexity index is 926. The third-order valence-corrected chi connectivity index (χ3v) is 6.28. The largest absolute Gasteiger partial charge is 0.393 e. The van der Waals surface area contributed by atoms with Crippen molar-refractivity contribution in [1.82, 2.24) is 15.2 Å². The second-order valence-corrected chi connectivity index (χ2v) is 8.53. The van der Waals surface area contributed by atoms with Gasteiger partial charge in [-0.2, -0.15) is 0 Å². The fraction of sp³-hybridized carbons (Fsp3) is 0.458. The highest BCUT2D eigenvalue weighted by Gasteiger charge is 2.32. The first kappa shape index (κ1) is 21.4. The summed E-state index contributed by atoms with van der Waals surface area (Å²) in [6.07, 6.45) is 5.70. The van der Waals surface area contributed by atoms with Crippen LogP contribution in [0.3, 0.4) is 0 Å². The molecule has 7 heteroatoms. The van der Waals surface area contributed by atoms with Gasteiger partial charge in [0.25, 0.3) is 5.91 Å². The maximum atomic E-state index is 13.4. The Labute approximate surface area is 181 Å². The number of benzene rings is 1. The minimum atomic E-state index is -0.330. The van der Waals surface area contributed by atoms with Crippen molar-refractivity contribution in [3.05, 3.63) is 54.0 Å². The van der Waals surface area contributed by atoms with E-state index in [9.17, 15) is 19.1 Å². The zero-order valence-electron chi connectivity index (χ0n) is 17.5. The van der Waals surface area contributed by atoms with E-state index in [0.717, 1.165) is 19.3 Å². The summed E-state index contributed by atoms with van der Waals surface area (Å²) in [7, 11) is 0. The third-order valence-electron chi connectivity index (χ3n) is 6.28. The summed E-state index contributed by atoms with van der Waals surface area (Å²) >= 11 is 0. The van der Waals surface area contributed by atoms with Crippen LogP contribution in [0.15, 0.2) is 42.6 Å². The lowest BCUT2D eigenvalue weighted by Crippen LogP contribution is -2.46. The van der Waals surface area contributed by atoms with Crippen molar-refractivity contribution in [2.24, 2.45) is 5.92 Å². The smallest absolute Gasteiger partial charge is 0.253 e. The van der Waals surface area contributed by atoms with E-state index in [-0.39, 0.29) is 35.7 Å². The molecule has 0 spiro atoms. The van der Waals surface area contributed by atoms with Crippen molar-refractivity contribution in [2.75, 3.05) is 13.1 Å². The maximum absolute atomic E-state index is 13.4. The van der Waals surface area contributed by atoms with Crippen molar-refractivity contribution in [2.45, 2.75) is 50.7 Å². The van der Waals surface area contributed by atoms with E-state index in [1.807, 2.05) is 4.90 Å². The van der Waals surface area contributed by atoms with Gasteiger partial charge in [0, 0.05) is 36.8 Å². The molecular weight excluding hydrogens is 397 g/mol. The first-order valence-electron chi connectivity index (χ1n) is 11.0. The summed E-state index contributed by atoms with van der Waals surface area (Å²) in [6.45, 7) is 1.22. The molecule has 2 amide bonds. The Morgan fingerprint density at radius 3 is 2.61 bits per heavy atom. The van der Waals surface area contributed by atoms with Gasteiger partial charge < -0.3 is 15.3 Å². The van der Waals surface area contributed by atoms with E-state index >= 15 is 0 Å². The molecule has 2 aromatic rings. The molecule has 0 bridgehead atoms. The Balaban J connectivity index is 1.34. The van der Waals surface area contributed by atoms with Gasteiger partial charge in [-0.3, -0.25) is 14.6 Å². The van der Waals surface area contributed by atoms with Gasteiger partial charge in [0.05, 0.1) is 17.4 Å². The zero-order chi connectivity index (χ0) is 21.8. The SMILES string of the molecule is O=C(N[C@@H]1CCC[C@H](C(=O)N2CCC(O)CC2)C1)c1ccc(-c2cccc(F)c2)nc1. The van der Waals surface area contributed by atoms with Gasteiger partial charge in [0.2, 0.25) is 5.91 Å². The number of hydrogen-bond donors (Lipinski definition) is 2. The van der Waals surface area contributed by atoms with Crippen LogP contribution in [0.25, 0.3) is 11.3 Å². The van der Waals surface area contributed by atoms with Crippen LogP contribution in [0.4, 0.5) is 4.39 Å². The first-order valence-corrected chi connectivity index (χ1v) is 11.0. The van der Waals surface area contributed by atoms with Crippen LogP contribution in [0.1, 0.15) is 48.9 Å². The summed E-state index contributed by atoms with van der Waals surface area (Å²) < 4.78 is 13.4. The van der Waals surface area contributed by atoms with Crippen molar-refractivity contribution in [1.29, 1.82) is 0 Å². The minimum Gasteiger partial charge on any atom is -0.393 e. The normalized spacial score (nSPS) is 22.2. The first-order chi connectivity index (χ1) is 15.0. The average molecular weight is 426 g/mol. The molecule has 1 aliphatic carbocycles. The molecule has 1 saturated heterocycles. The van der Waals surface area contributed by atoms with E-state index in [1.165, 1.54) is 18.3 Å². The molecule has 0 unspecified atom stereocenters. The highest BCUT2D eigenvalue weighted by Crippen LogP contribution is 2.27. The van der Waals surface area contributed by atoms with Crippen LogP contribution < -0.4 is 5.32 Å². The molecule has 1 aromatic carbocycles. The minimum absolute atomic E-state index is 0.0477. The molecule has 2 atom stereocenters. The van der Waals surface area contributed by atoms with Gasteiger partial charge in [0.15, 0.2) is 0 Å². The molecule has 1 saturated carbocycles. The Morgan fingerprint density at radius 2 is 1.90 bits per heavy atom. The third kappa shape index (κ3) is 5.28. The second-order valence-electron chi connectivity index (χ2n) is 8.53. The summed E-state index contributed by atoms with van der Waals surface area (Å²) in [5.41, 5.74) is 1.70. The van der Waals surface area contributed by atoms with Crippen LogP contribution in [-0.2, 0) is 4.79 Å². The number of aliphatic hydroxyl groups excluding tert-OH is 1. The fourth-order valence-corrected chi connectivity index (χ4v) is 4.51. The molecule has 2 aliphatic rings. The molecule has 2 heterocycles. The lowest BCUT2D eigenvalue weighted by molar-refractivity contribution is -0.138. The Morgan fingerprint density at radius 1 is 1.10 bits per heavy atom. The summed E-state index contributed by atoms with van der Waals surface area (Å²) in [6, 6.07) is 9.53. The molecule has 0 radical (unpaired) electrons. The quantitative estimate of drug-likeness (QED) is 0.788. The van der Waals surface area contributed by atoms with E-state index in [1.54, 1.807) is 24.3 Å². The molecular formula is C24H28FN3O3. The molecule has 1 aliphatic heterocycles. The van der Waals surface area contributed by atoms with Gasteiger partial charge >= 0.3 is 0 Å². The zero-order valence-corrected chi connectivity index (χ0v) is 17.5. The average Bonchev–Trinajstić information content (AvgIpc) is 2.79. The molecule has 4 rings (SSSR count). The molecule has 1 aromatic heterocycles. The number of likely N-dealkylation sites (tertiary alicyclic amines) is 1. The van der Waals surface area contributed by atoms with Crippen LogP contribution in [-0.4, -0.2) is 52.0 Å². The van der Waals surface area contributed by atoms with E-state index in [0.29, 0.717) is 49.2 Å². The number of aromatic nitrogens is 1. The molecule has 6 nitrogen and oxygen atoms in total. The topological polar surface area (TPSA) is 82.5 Å².